The molecule has 3 aromatic rings. The Kier molecular flexibility index (Phi) is 5.73. The SMILES string of the molecule is COc1ccc(-c2c(C(=O)O)c(CO)c(OC)c3cc(CO)sc23)cc1OC. The maximum Gasteiger partial charge on any atom is 0.336 e. The Hall–Kier alpha value is -2.81. The summed E-state index contributed by atoms with van der Waals surface area (Å²) in [5.74, 6) is 0.0605. The first-order valence-corrected chi connectivity index (χ1v) is 9.14. The number of hydrogen-bond acceptors (Lipinski definition) is 7. The maximum absolute atomic E-state index is 12.2. The van der Waals surface area contributed by atoms with Crippen LogP contribution in [0, 0.1) is 0 Å². The van der Waals surface area contributed by atoms with Gasteiger partial charge in [0.1, 0.15) is 5.75 Å². The minimum atomic E-state index is -1.19. The summed E-state index contributed by atoms with van der Waals surface area (Å²) in [6.45, 7) is -0.698. The van der Waals surface area contributed by atoms with Gasteiger partial charge in [0.2, 0.25) is 0 Å². The highest BCUT2D eigenvalue weighted by atomic mass is 32.1. The molecule has 0 aliphatic rings. The molecule has 0 amide bonds. The number of methoxy groups -OCH3 is 3. The van der Waals surface area contributed by atoms with Gasteiger partial charge in [-0.25, -0.2) is 4.79 Å². The van der Waals surface area contributed by atoms with Crippen molar-refractivity contribution in [2.75, 3.05) is 21.3 Å². The molecule has 0 unspecified atom stereocenters. The van der Waals surface area contributed by atoms with Crippen LogP contribution in [-0.2, 0) is 13.2 Å². The van der Waals surface area contributed by atoms with Crippen molar-refractivity contribution in [3.63, 3.8) is 0 Å². The van der Waals surface area contributed by atoms with E-state index in [9.17, 15) is 20.1 Å². The molecule has 0 saturated heterocycles. The number of hydrogen-bond donors (Lipinski definition) is 3. The fourth-order valence-electron chi connectivity index (χ4n) is 3.30. The molecule has 1 aromatic heterocycles. The highest BCUT2D eigenvalue weighted by Crippen LogP contribution is 2.46. The van der Waals surface area contributed by atoms with E-state index in [0.29, 0.717) is 37.6 Å². The van der Waals surface area contributed by atoms with Gasteiger partial charge < -0.3 is 29.5 Å². The van der Waals surface area contributed by atoms with Gasteiger partial charge in [0.15, 0.2) is 11.5 Å². The first-order chi connectivity index (χ1) is 13.5. The molecule has 148 valence electrons. The van der Waals surface area contributed by atoms with Crippen LogP contribution in [-0.4, -0.2) is 42.6 Å². The molecular formula is C20H20O7S. The van der Waals surface area contributed by atoms with Crippen molar-refractivity contribution in [2.45, 2.75) is 13.2 Å². The van der Waals surface area contributed by atoms with E-state index < -0.39 is 12.6 Å². The number of benzene rings is 2. The zero-order valence-corrected chi connectivity index (χ0v) is 16.4. The van der Waals surface area contributed by atoms with Crippen molar-refractivity contribution in [3.05, 3.63) is 40.3 Å². The highest BCUT2D eigenvalue weighted by Gasteiger charge is 2.27. The summed E-state index contributed by atoms with van der Waals surface area (Å²) < 4.78 is 16.7. The lowest BCUT2D eigenvalue weighted by Gasteiger charge is -2.17. The summed E-state index contributed by atoms with van der Waals surface area (Å²) in [7, 11) is 4.44. The number of carbonyl (C=O) groups is 1. The number of ether oxygens (including phenoxy) is 3. The summed E-state index contributed by atoms with van der Waals surface area (Å²) in [5.41, 5.74) is 1.14. The van der Waals surface area contributed by atoms with Crippen LogP contribution in [0.5, 0.6) is 17.2 Å². The van der Waals surface area contributed by atoms with Gasteiger partial charge in [-0.3, -0.25) is 0 Å². The van der Waals surface area contributed by atoms with Crippen LogP contribution in [0.2, 0.25) is 0 Å². The molecule has 7 nitrogen and oxygen atoms in total. The van der Waals surface area contributed by atoms with Crippen LogP contribution in [0.4, 0.5) is 0 Å². The molecule has 0 aliphatic heterocycles. The van der Waals surface area contributed by atoms with Crippen LogP contribution in [0.3, 0.4) is 0 Å². The first kappa shape index (κ1) is 19.9. The number of aliphatic hydroxyl groups excluding tert-OH is 2. The molecule has 2 aromatic carbocycles. The average Bonchev–Trinajstić information content (AvgIpc) is 3.15. The Morgan fingerprint density at radius 3 is 2.25 bits per heavy atom. The number of thiophene rings is 1. The van der Waals surface area contributed by atoms with Gasteiger partial charge in [-0.15, -0.1) is 11.3 Å². The van der Waals surface area contributed by atoms with E-state index >= 15 is 0 Å². The Labute approximate surface area is 165 Å². The quantitative estimate of drug-likeness (QED) is 0.555. The lowest BCUT2D eigenvalue weighted by molar-refractivity contribution is 0.0693. The normalized spacial score (nSPS) is 10.9. The number of fused-ring (bicyclic) bond motifs is 1. The van der Waals surface area contributed by atoms with E-state index in [2.05, 4.69) is 0 Å². The molecule has 0 radical (unpaired) electrons. The second-order valence-electron chi connectivity index (χ2n) is 5.91. The van der Waals surface area contributed by atoms with Gasteiger partial charge in [0, 0.05) is 26.1 Å². The monoisotopic (exact) mass is 404 g/mol. The van der Waals surface area contributed by atoms with E-state index in [1.165, 1.54) is 32.7 Å². The van der Waals surface area contributed by atoms with Gasteiger partial charge in [-0.1, -0.05) is 6.07 Å². The molecule has 1 heterocycles. The zero-order chi connectivity index (χ0) is 20.4. The van der Waals surface area contributed by atoms with Crippen LogP contribution in [0.15, 0.2) is 24.3 Å². The van der Waals surface area contributed by atoms with Crippen molar-refractivity contribution in [3.8, 4) is 28.4 Å². The third-order valence-electron chi connectivity index (χ3n) is 4.48. The van der Waals surface area contributed by atoms with Crippen molar-refractivity contribution in [2.24, 2.45) is 0 Å². The number of carboxylic acids is 1. The molecule has 0 fully saturated rings. The van der Waals surface area contributed by atoms with E-state index in [1.54, 1.807) is 24.3 Å². The fourth-order valence-corrected chi connectivity index (χ4v) is 4.39. The van der Waals surface area contributed by atoms with Crippen LogP contribution < -0.4 is 14.2 Å². The third-order valence-corrected chi connectivity index (χ3v) is 5.62. The minimum absolute atomic E-state index is 0.0505. The zero-order valence-electron chi connectivity index (χ0n) is 15.6. The largest absolute Gasteiger partial charge is 0.496 e. The summed E-state index contributed by atoms with van der Waals surface area (Å²) in [5, 5.41) is 30.1. The second kappa shape index (κ2) is 8.05. The predicted octanol–water partition coefficient (Wildman–Crippen LogP) is 3.28. The Bertz CT molecular complexity index is 1040. The van der Waals surface area contributed by atoms with E-state index in [4.69, 9.17) is 14.2 Å². The number of rotatable bonds is 7. The summed E-state index contributed by atoms with van der Waals surface area (Å²) in [4.78, 5) is 12.8. The number of carboxylic acid groups (broad SMARTS) is 1. The standard InChI is InChI=1S/C20H20O7S/c1-25-14-5-4-10(6-15(14)26-2)16-17(20(23)24)13(9-22)18(27-3)12-7-11(8-21)28-19(12)16/h4-7,21-22H,8-9H2,1-3H3,(H,23,24). The van der Waals surface area contributed by atoms with Gasteiger partial charge in [-0.05, 0) is 23.8 Å². The highest BCUT2D eigenvalue weighted by molar-refractivity contribution is 7.19. The molecule has 0 spiro atoms. The Morgan fingerprint density at radius 1 is 1.00 bits per heavy atom. The lowest BCUT2D eigenvalue weighted by atomic mass is 9.92. The lowest BCUT2D eigenvalue weighted by Crippen LogP contribution is -2.08. The first-order valence-electron chi connectivity index (χ1n) is 8.33. The molecule has 0 bridgehead atoms. The molecule has 8 heteroatoms. The van der Waals surface area contributed by atoms with Crippen molar-refractivity contribution in [1.82, 2.24) is 0 Å². The van der Waals surface area contributed by atoms with Crippen LogP contribution >= 0.6 is 11.3 Å². The molecule has 0 atom stereocenters. The second-order valence-corrected chi connectivity index (χ2v) is 7.05. The maximum atomic E-state index is 12.2. The van der Waals surface area contributed by atoms with E-state index in [0.717, 1.165) is 0 Å². The molecule has 3 N–H and O–H groups in total. The molecule has 0 saturated carbocycles. The smallest absolute Gasteiger partial charge is 0.336 e. The predicted molar refractivity (Wildman–Crippen MR) is 106 cm³/mol. The van der Waals surface area contributed by atoms with Gasteiger partial charge in [0.25, 0.3) is 0 Å². The summed E-state index contributed by atoms with van der Waals surface area (Å²) >= 11 is 1.28. The molecular weight excluding hydrogens is 384 g/mol. The topological polar surface area (TPSA) is 105 Å². The summed E-state index contributed by atoms with van der Waals surface area (Å²) in [6.07, 6.45) is 0. The van der Waals surface area contributed by atoms with E-state index in [-0.39, 0.29) is 23.5 Å². The number of aromatic carboxylic acids is 1. The van der Waals surface area contributed by atoms with Gasteiger partial charge in [0.05, 0.1) is 40.1 Å². The number of aliphatic hydroxyl groups is 2. The Balaban J connectivity index is 2.48. The van der Waals surface area contributed by atoms with Crippen LogP contribution in [0.1, 0.15) is 20.8 Å². The molecule has 28 heavy (non-hydrogen) atoms. The average molecular weight is 404 g/mol. The minimum Gasteiger partial charge on any atom is -0.496 e. The van der Waals surface area contributed by atoms with Crippen molar-refractivity contribution in [1.29, 1.82) is 0 Å². The Morgan fingerprint density at radius 2 is 1.71 bits per heavy atom. The van der Waals surface area contributed by atoms with Crippen molar-refractivity contribution >= 4 is 27.4 Å². The van der Waals surface area contributed by atoms with Gasteiger partial charge >= 0.3 is 5.97 Å². The molecule has 3 rings (SSSR count). The van der Waals surface area contributed by atoms with E-state index in [1.807, 2.05) is 0 Å². The van der Waals surface area contributed by atoms with Gasteiger partial charge in [-0.2, -0.15) is 0 Å². The van der Waals surface area contributed by atoms with Crippen LogP contribution in [0.25, 0.3) is 21.2 Å². The van der Waals surface area contributed by atoms with Crippen molar-refractivity contribution < 1.29 is 34.3 Å². The third kappa shape index (κ3) is 3.15. The summed E-state index contributed by atoms with van der Waals surface area (Å²) in [6, 6.07) is 6.85. The molecule has 0 aliphatic carbocycles. The fraction of sp³-hybridized carbons (Fsp3) is 0.250.